The second-order valence-electron chi connectivity index (χ2n) is 5.92. The van der Waals surface area contributed by atoms with Crippen molar-refractivity contribution >= 4 is 0 Å². The molecule has 0 aromatic carbocycles. The van der Waals surface area contributed by atoms with E-state index in [1.54, 1.807) is 0 Å². The third kappa shape index (κ3) is 2.07. The minimum Gasteiger partial charge on any atom is -0.366 e. The van der Waals surface area contributed by atoms with E-state index in [0.717, 1.165) is 0 Å². The summed E-state index contributed by atoms with van der Waals surface area (Å²) in [5.41, 5.74) is 0. The smallest absolute Gasteiger partial charge is 0.184 e. The van der Waals surface area contributed by atoms with Gasteiger partial charge in [0.25, 0.3) is 0 Å². The molecule has 0 aromatic heterocycles. The van der Waals surface area contributed by atoms with Gasteiger partial charge >= 0.3 is 0 Å². The van der Waals surface area contributed by atoms with Crippen molar-refractivity contribution in [3.8, 4) is 0 Å². The van der Waals surface area contributed by atoms with Crippen LogP contribution in [0.4, 0.5) is 0 Å². The number of hydrogen-bond acceptors (Lipinski definition) is 6. The molecule has 3 rings (SSSR count). The quantitative estimate of drug-likeness (QED) is 0.679. The van der Waals surface area contributed by atoms with E-state index in [1.165, 1.54) is 0 Å². The van der Waals surface area contributed by atoms with Gasteiger partial charge in [-0.1, -0.05) is 0 Å². The Balaban J connectivity index is 1.84. The van der Waals surface area contributed by atoms with Crippen LogP contribution in [0.15, 0.2) is 0 Å². The van der Waals surface area contributed by atoms with Crippen molar-refractivity contribution in [2.45, 2.75) is 70.0 Å². The van der Waals surface area contributed by atoms with E-state index in [9.17, 15) is 5.11 Å². The van der Waals surface area contributed by atoms with Crippen molar-refractivity contribution in [2.24, 2.45) is 0 Å². The van der Waals surface area contributed by atoms with Crippen LogP contribution in [0.25, 0.3) is 0 Å². The Hall–Kier alpha value is -0.240. The fraction of sp³-hybridized carbons (Fsp3) is 1.00. The molecule has 18 heavy (non-hydrogen) atoms. The van der Waals surface area contributed by atoms with Gasteiger partial charge in [-0.25, -0.2) is 0 Å². The van der Waals surface area contributed by atoms with Gasteiger partial charge in [-0.2, -0.15) is 0 Å². The summed E-state index contributed by atoms with van der Waals surface area (Å²) in [5.74, 6) is -1.41. The summed E-state index contributed by atoms with van der Waals surface area (Å²) < 4.78 is 28.4. The molecule has 0 spiro atoms. The van der Waals surface area contributed by atoms with Crippen molar-refractivity contribution in [1.29, 1.82) is 0 Å². The Labute approximate surface area is 106 Å². The molecule has 5 atom stereocenters. The van der Waals surface area contributed by atoms with Crippen LogP contribution in [0.5, 0.6) is 0 Å². The van der Waals surface area contributed by atoms with Gasteiger partial charge in [-0.05, 0) is 27.7 Å². The van der Waals surface area contributed by atoms with Gasteiger partial charge in [0.05, 0.1) is 6.61 Å². The molecule has 0 bridgehead atoms. The lowest BCUT2D eigenvalue weighted by atomic mass is 9.98. The molecule has 6 heteroatoms. The fourth-order valence-electron chi connectivity index (χ4n) is 2.76. The lowest BCUT2D eigenvalue weighted by Crippen LogP contribution is -2.63. The second kappa shape index (κ2) is 3.88. The topological polar surface area (TPSA) is 66.4 Å². The summed E-state index contributed by atoms with van der Waals surface area (Å²) in [6, 6.07) is 0. The predicted octanol–water partition coefficient (Wildman–Crippen LogP) is 0.375. The number of aliphatic hydroxyl groups is 1. The van der Waals surface area contributed by atoms with E-state index in [0.29, 0.717) is 6.61 Å². The monoisotopic (exact) mass is 260 g/mol. The Kier molecular flexibility index (Phi) is 2.75. The molecule has 3 fully saturated rings. The maximum Gasteiger partial charge on any atom is 0.184 e. The van der Waals surface area contributed by atoms with Gasteiger partial charge < -0.3 is 28.8 Å². The molecule has 1 N–H and O–H groups in total. The molecule has 0 saturated carbocycles. The van der Waals surface area contributed by atoms with Crippen molar-refractivity contribution in [3.63, 3.8) is 0 Å². The van der Waals surface area contributed by atoms with Gasteiger partial charge in [0.2, 0.25) is 0 Å². The van der Waals surface area contributed by atoms with E-state index in [4.69, 9.17) is 23.7 Å². The number of ether oxygens (including phenoxy) is 5. The molecule has 0 unspecified atom stereocenters. The Bertz CT molecular complexity index is 341. The van der Waals surface area contributed by atoms with Gasteiger partial charge in [0.15, 0.2) is 17.9 Å². The highest BCUT2D eigenvalue weighted by molar-refractivity contribution is 4.98. The Morgan fingerprint density at radius 1 is 0.889 bits per heavy atom. The number of hydrogen-bond donors (Lipinski definition) is 1. The lowest BCUT2D eigenvalue weighted by Gasteiger charge is -2.47. The predicted molar refractivity (Wildman–Crippen MR) is 59.6 cm³/mol. The molecule has 6 nitrogen and oxygen atoms in total. The third-order valence-corrected chi connectivity index (χ3v) is 3.46. The zero-order valence-corrected chi connectivity index (χ0v) is 11.1. The lowest BCUT2D eigenvalue weighted by molar-refractivity contribution is -0.365. The molecule has 0 amide bonds. The maximum atomic E-state index is 9.94. The van der Waals surface area contributed by atoms with Crippen molar-refractivity contribution in [3.05, 3.63) is 0 Å². The van der Waals surface area contributed by atoms with Crippen LogP contribution in [0, 0.1) is 0 Å². The SMILES string of the molecule is CC1(C)O[C@@H]2[C@@H](O1)[C@@H](O)O[C@@H]1COC(C)(C)O[C@@H]21. The summed E-state index contributed by atoms with van der Waals surface area (Å²) in [6.45, 7) is 7.71. The van der Waals surface area contributed by atoms with Crippen molar-refractivity contribution in [1.82, 2.24) is 0 Å². The van der Waals surface area contributed by atoms with Gasteiger partial charge in [0.1, 0.15) is 24.4 Å². The summed E-state index contributed by atoms with van der Waals surface area (Å²) in [6.07, 6.45) is -2.48. The highest BCUT2D eigenvalue weighted by Gasteiger charge is 2.58. The molecule has 0 aliphatic carbocycles. The molecule has 0 aromatic rings. The van der Waals surface area contributed by atoms with Crippen LogP contribution in [0.3, 0.4) is 0 Å². The molecule has 0 radical (unpaired) electrons. The Morgan fingerprint density at radius 3 is 2.22 bits per heavy atom. The van der Waals surface area contributed by atoms with Crippen LogP contribution in [-0.2, 0) is 23.7 Å². The minimum absolute atomic E-state index is 0.288. The standard InChI is InChI=1S/C12H20O6/c1-11(2)14-5-6-7(16-11)8-9(10(13)15-6)18-12(3,4)17-8/h6-10,13H,5H2,1-4H3/t6-,7-,8+,9-,10+/m1/s1. The van der Waals surface area contributed by atoms with Crippen molar-refractivity contribution < 1.29 is 28.8 Å². The van der Waals surface area contributed by atoms with E-state index in [-0.39, 0.29) is 18.3 Å². The van der Waals surface area contributed by atoms with Gasteiger partial charge in [0, 0.05) is 0 Å². The van der Waals surface area contributed by atoms with E-state index < -0.39 is 24.0 Å². The van der Waals surface area contributed by atoms with E-state index in [1.807, 2.05) is 27.7 Å². The first-order valence-electron chi connectivity index (χ1n) is 6.28. The first kappa shape index (κ1) is 12.8. The van der Waals surface area contributed by atoms with Crippen LogP contribution < -0.4 is 0 Å². The highest BCUT2D eigenvalue weighted by atomic mass is 16.8. The summed E-state index contributed by atoms with van der Waals surface area (Å²) >= 11 is 0. The fourth-order valence-corrected chi connectivity index (χ4v) is 2.76. The third-order valence-electron chi connectivity index (χ3n) is 3.46. The molecular formula is C12H20O6. The number of aliphatic hydroxyl groups excluding tert-OH is 1. The van der Waals surface area contributed by atoms with Crippen LogP contribution in [0.1, 0.15) is 27.7 Å². The largest absolute Gasteiger partial charge is 0.366 e. The van der Waals surface area contributed by atoms with Gasteiger partial charge in [-0.3, -0.25) is 0 Å². The molecule has 3 heterocycles. The summed E-state index contributed by atoms with van der Waals surface area (Å²) in [5, 5.41) is 9.94. The first-order valence-corrected chi connectivity index (χ1v) is 6.28. The maximum absolute atomic E-state index is 9.94. The second-order valence-corrected chi connectivity index (χ2v) is 5.92. The molecule has 3 saturated heterocycles. The molecule has 3 aliphatic rings. The van der Waals surface area contributed by atoms with E-state index in [2.05, 4.69) is 0 Å². The average Bonchev–Trinajstić information content (AvgIpc) is 2.56. The van der Waals surface area contributed by atoms with Crippen LogP contribution in [0.2, 0.25) is 0 Å². The van der Waals surface area contributed by atoms with Gasteiger partial charge in [-0.15, -0.1) is 0 Å². The summed E-state index contributed by atoms with van der Waals surface area (Å²) in [4.78, 5) is 0. The number of fused-ring (bicyclic) bond motifs is 3. The number of rotatable bonds is 0. The normalized spacial score (nSPS) is 49.5. The molecule has 3 aliphatic heterocycles. The summed E-state index contributed by atoms with van der Waals surface area (Å²) in [7, 11) is 0. The average molecular weight is 260 g/mol. The highest BCUT2D eigenvalue weighted by Crippen LogP contribution is 2.41. The van der Waals surface area contributed by atoms with Crippen LogP contribution in [-0.4, -0.2) is 54.0 Å². The van der Waals surface area contributed by atoms with Crippen LogP contribution >= 0.6 is 0 Å². The molecule has 104 valence electrons. The minimum atomic E-state index is -1.01. The van der Waals surface area contributed by atoms with Crippen molar-refractivity contribution in [2.75, 3.05) is 6.61 Å². The Morgan fingerprint density at radius 2 is 1.50 bits per heavy atom. The zero-order chi connectivity index (χ0) is 13.1. The van der Waals surface area contributed by atoms with E-state index >= 15 is 0 Å². The molecular weight excluding hydrogens is 240 g/mol. The zero-order valence-electron chi connectivity index (χ0n) is 11.1. The first-order chi connectivity index (χ1) is 8.27.